The SMILES string of the molecule is O=C(NCCCc1nc(-c2ccncc2)cs1)c1csc(-c2ccccc2F)n1. The third kappa shape index (κ3) is 4.72. The molecular weight excluding hydrogens is 407 g/mol. The Labute approximate surface area is 175 Å². The molecule has 5 nitrogen and oxygen atoms in total. The van der Waals surface area contributed by atoms with Gasteiger partial charge in [0.1, 0.15) is 16.5 Å². The van der Waals surface area contributed by atoms with Crippen molar-refractivity contribution >= 4 is 28.6 Å². The van der Waals surface area contributed by atoms with Gasteiger partial charge in [0.25, 0.3) is 5.91 Å². The highest BCUT2D eigenvalue weighted by molar-refractivity contribution is 7.13. The van der Waals surface area contributed by atoms with E-state index in [1.54, 1.807) is 47.3 Å². The number of benzene rings is 1. The van der Waals surface area contributed by atoms with Crippen LogP contribution in [0.1, 0.15) is 21.9 Å². The smallest absolute Gasteiger partial charge is 0.270 e. The van der Waals surface area contributed by atoms with E-state index in [9.17, 15) is 9.18 Å². The summed E-state index contributed by atoms with van der Waals surface area (Å²) in [7, 11) is 0. The van der Waals surface area contributed by atoms with Crippen molar-refractivity contribution in [2.45, 2.75) is 12.8 Å². The first-order chi connectivity index (χ1) is 14.2. The molecule has 0 fully saturated rings. The van der Waals surface area contributed by atoms with Crippen LogP contribution in [0, 0.1) is 5.82 Å². The highest BCUT2D eigenvalue weighted by atomic mass is 32.1. The van der Waals surface area contributed by atoms with Gasteiger partial charge in [-0.3, -0.25) is 9.78 Å². The zero-order chi connectivity index (χ0) is 20.1. The number of hydrogen-bond acceptors (Lipinski definition) is 6. The number of carbonyl (C=O) groups excluding carboxylic acids is 1. The lowest BCUT2D eigenvalue weighted by Gasteiger charge is -2.02. The van der Waals surface area contributed by atoms with Crippen molar-refractivity contribution in [3.05, 3.63) is 76.1 Å². The van der Waals surface area contributed by atoms with E-state index in [-0.39, 0.29) is 11.7 Å². The molecule has 0 spiro atoms. The third-order valence-electron chi connectivity index (χ3n) is 4.22. The normalized spacial score (nSPS) is 10.8. The Kier molecular flexibility index (Phi) is 6.02. The van der Waals surface area contributed by atoms with E-state index in [1.807, 2.05) is 17.5 Å². The van der Waals surface area contributed by atoms with Crippen LogP contribution < -0.4 is 5.32 Å². The Balaban J connectivity index is 1.28. The molecule has 0 bridgehead atoms. The molecule has 0 aliphatic carbocycles. The van der Waals surface area contributed by atoms with E-state index in [2.05, 4.69) is 20.3 Å². The standard InChI is InChI=1S/C21H17FN4OS2/c22-16-5-2-1-4-15(16)21-26-18(13-29-21)20(27)24-9-3-6-19-25-17(12-28-19)14-7-10-23-11-8-14/h1-2,4-5,7-8,10-13H,3,6,9H2,(H,24,27). The molecule has 29 heavy (non-hydrogen) atoms. The van der Waals surface area contributed by atoms with Gasteiger partial charge in [0, 0.05) is 47.2 Å². The highest BCUT2D eigenvalue weighted by Crippen LogP contribution is 2.26. The minimum Gasteiger partial charge on any atom is -0.351 e. The number of thiazole rings is 2. The molecule has 4 rings (SSSR count). The van der Waals surface area contributed by atoms with Crippen LogP contribution in [-0.2, 0) is 6.42 Å². The van der Waals surface area contributed by atoms with Crippen LogP contribution >= 0.6 is 22.7 Å². The lowest BCUT2D eigenvalue weighted by Crippen LogP contribution is -2.25. The molecule has 0 radical (unpaired) electrons. The number of aryl methyl sites for hydroxylation is 1. The third-order valence-corrected chi connectivity index (χ3v) is 6.01. The monoisotopic (exact) mass is 424 g/mol. The van der Waals surface area contributed by atoms with Gasteiger partial charge >= 0.3 is 0 Å². The van der Waals surface area contributed by atoms with Crippen molar-refractivity contribution in [1.82, 2.24) is 20.3 Å². The average molecular weight is 425 g/mol. The number of nitrogens with zero attached hydrogens (tertiary/aromatic N) is 3. The van der Waals surface area contributed by atoms with Crippen molar-refractivity contribution in [3.63, 3.8) is 0 Å². The number of aromatic nitrogens is 3. The van der Waals surface area contributed by atoms with Gasteiger partial charge in [-0.25, -0.2) is 14.4 Å². The lowest BCUT2D eigenvalue weighted by molar-refractivity contribution is 0.0949. The molecule has 1 N–H and O–H groups in total. The maximum Gasteiger partial charge on any atom is 0.270 e. The van der Waals surface area contributed by atoms with Gasteiger partial charge in [-0.2, -0.15) is 0 Å². The highest BCUT2D eigenvalue weighted by Gasteiger charge is 2.13. The molecule has 0 atom stereocenters. The Bertz CT molecular complexity index is 1110. The van der Waals surface area contributed by atoms with Crippen LogP contribution in [0.2, 0.25) is 0 Å². The Morgan fingerprint density at radius 1 is 1.03 bits per heavy atom. The van der Waals surface area contributed by atoms with Crippen LogP contribution in [0.4, 0.5) is 4.39 Å². The molecule has 8 heteroatoms. The van der Waals surface area contributed by atoms with Gasteiger partial charge in [-0.1, -0.05) is 12.1 Å². The second-order valence-electron chi connectivity index (χ2n) is 6.24. The molecule has 0 saturated carbocycles. The van der Waals surface area contributed by atoms with Crippen LogP contribution in [0.5, 0.6) is 0 Å². The molecule has 0 saturated heterocycles. The number of pyridine rings is 1. The number of halogens is 1. The van der Waals surface area contributed by atoms with E-state index in [0.717, 1.165) is 29.1 Å². The molecule has 3 aromatic heterocycles. The fourth-order valence-electron chi connectivity index (χ4n) is 2.75. The molecule has 0 aliphatic rings. The van der Waals surface area contributed by atoms with E-state index in [0.29, 0.717) is 22.8 Å². The van der Waals surface area contributed by atoms with E-state index < -0.39 is 0 Å². The van der Waals surface area contributed by atoms with Crippen molar-refractivity contribution in [1.29, 1.82) is 0 Å². The number of hydrogen-bond donors (Lipinski definition) is 1. The van der Waals surface area contributed by atoms with Crippen molar-refractivity contribution < 1.29 is 9.18 Å². The first-order valence-electron chi connectivity index (χ1n) is 9.04. The van der Waals surface area contributed by atoms with Crippen LogP contribution in [0.3, 0.4) is 0 Å². The van der Waals surface area contributed by atoms with Gasteiger partial charge in [0.15, 0.2) is 0 Å². The van der Waals surface area contributed by atoms with Gasteiger partial charge in [0.2, 0.25) is 0 Å². The van der Waals surface area contributed by atoms with Crippen molar-refractivity contribution in [2.24, 2.45) is 0 Å². The molecule has 0 aliphatic heterocycles. The summed E-state index contributed by atoms with van der Waals surface area (Å²) in [6, 6.07) is 10.3. The second-order valence-corrected chi connectivity index (χ2v) is 8.04. The van der Waals surface area contributed by atoms with Gasteiger partial charge in [-0.05, 0) is 30.7 Å². The second kappa shape index (κ2) is 9.02. The number of rotatable bonds is 7. The molecule has 146 valence electrons. The fraction of sp³-hybridized carbons (Fsp3) is 0.143. The molecule has 0 unspecified atom stereocenters. The molecule has 3 heterocycles. The summed E-state index contributed by atoms with van der Waals surface area (Å²) in [5, 5.41) is 8.08. The van der Waals surface area contributed by atoms with Gasteiger partial charge in [0.05, 0.1) is 10.7 Å². The summed E-state index contributed by atoms with van der Waals surface area (Å²) in [5.74, 6) is -0.594. The zero-order valence-corrected chi connectivity index (χ0v) is 17.0. The minimum atomic E-state index is -0.344. The number of carbonyl (C=O) groups is 1. The van der Waals surface area contributed by atoms with Gasteiger partial charge in [-0.15, -0.1) is 22.7 Å². The van der Waals surface area contributed by atoms with Crippen LogP contribution in [-0.4, -0.2) is 27.4 Å². The first kappa shape index (κ1) is 19.4. The summed E-state index contributed by atoms with van der Waals surface area (Å²) in [6.07, 6.45) is 5.06. The predicted octanol–water partition coefficient (Wildman–Crippen LogP) is 4.83. The Hall–Kier alpha value is -2.97. The summed E-state index contributed by atoms with van der Waals surface area (Å²) in [6.45, 7) is 0.523. The van der Waals surface area contributed by atoms with E-state index in [4.69, 9.17) is 0 Å². The molecule has 1 amide bonds. The van der Waals surface area contributed by atoms with E-state index in [1.165, 1.54) is 17.4 Å². The topological polar surface area (TPSA) is 67.8 Å². The summed E-state index contributed by atoms with van der Waals surface area (Å²) in [5.41, 5.74) is 2.71. The molecular formula is C21H17FN4OS2. The quantitative estimate of drug-likeness (QED) is 0.432. The lowest BCUT2D eigenvalue weighted by atomic mass is 10.2. The van der Waals surface area contributed by atoms with Crippen molar-refractivity contribution in [2.75, 3.05) is 6.54 Å². The van der Waals surface area contributed by atoms with Gasteiger partial charge < -0.3 is 5.32 Å². The maximum absolute atomic E-state index is 13.9. The van der Waals surface area contributed by atoms with E-state index >= 15 is 0 Å². The molecule has 1 aromatic carbocycles. The Morgan fingerprint density at radius 2 is 1.86 bits per heavy atom. The first-order valence-corrected chi connectivity index (χ1v) is 10.8. The number of nitrogens with one attached hydrogen (secondary N) is 1. The van der Waals surface area contributed by atoms with Crippen LogP contribution in [0.15, 0.2) is 59.6 Å². The van der Waals surface area contributed by atoms with Crippen LogP contribution in [0.25, 0.3) is 21.8 Å². The predicted molar refractivity (Wildman–Crippen MR) is 114 cm³/mol. The summed E-state index contributed by atoms with van der Waals surface area (Å²) >= 11 is 2.87. The minimum absolute atomic E-state index is 0.250. The van der Waals surface area contributed by atoms with Crippen molar-refractivity contribution in [3.8, 4) is 21.8 Å². The largest absolute Gasteiger partial charge is 0.351 e. The fourth-order valence-corrected chi connectivity index (χ4v) is 4.43. The average Bonchev–Trinajstić information content (AvgIpc) is 3.42. The number of amides is 1. The summed E-state index contributed by atoms with van der Waals surface area (Å²) in [4.78, 5) is 25.2. The molecule has 4 aromatic rings. The zero-order valence-electron chi connectivity index (χ0n) is 15.3. The Morgan fingerprint density at radius 3 is 2.69 bits per heavy atom. The summed E-state index contributed by atoms with van der Waals surface area (Å²) < 4.78 is 13.9. The maximum atomic E-state index is 13.9.